The van der Waals surface area contributed by atoms with Crippen molar-refractivity contribution in [2.45, 2.75) is 159 Å². The zero-order valence-corrected chi connectivity index (χ0v) is 47.5. The molecule has 10 nitrogen and oxygen atoms in total. The summed E-state index contributed by atoms with van der Waals surface area (Å²) in [5.74, 6) is 4.80. The van der Waals surface area contributed by atoms with Gasteiger partial charge in [-0.15, -0.1) is 22.7 Å². The lowest BCUT2D eigenvalue weighted by molar-refractivity contribution is -0.0715. The van der Waals surface area contributed by atoms with Crippen LogP contribution in [-0.4, -0.2) is 88.0 Å². The zero-order chi connectivity index (χ0) is 49.9. The molecule has 1 aromatic carbocycles. The van der Waals surface area contributed by atoms with Gasteiger partial charge in [-0.3, -0.25) is 0 Å². The number of rotatable bonds is 33. The van der Waals surface area contributed by atoms with E-state index in [1.54, 1.807) is 11.3 Å². The van der Waals surface area contributed by atoms with Gasteiger partial charge in [0, 0.05) is 42.4 Å². The molecule has 0 aliphatic carbocycles. The zero-order valence-electron chi connectivity index (χ0n) is 44.3. The minimum absolute atomic E-state index is 0.372. The fourth-order valence-electron chi connectivity index (χ4n) is 9.56. The van der Waals surface area contributed by atoms with E-state index in [4.69, 9.17) is 58.2 Å². The van der Waals surface area contributed by atoms with Gasteiger partial charge in [0.1, 0.15) is 41.8 Å². The smallest absolute Gasteiger partial charge is 0.191 e. The van der Waals surface area contributed by atoms with Crippen LogP contribution < -0.4 is 18.9 Å². The Kier molecular flexibility index (Phi) is 23.7. The molecule has 6 rings (SSSR count). The van der Waals surface area contributed by atoms with Crippen molar-refractivity contribution >= 4 is 57.0 Å². The fourth-order valence-corrected chi connectivity index (χ4v) is 12.5. The van der Waals surface area contributed by atoms with Crippen LogP contribution in [0.5, 0.6) is 23.0 Å². The molecule has 5 unspecified atom stereocenters. The van der Waals surface area contributed by atoms with E-state index in [2.05, 4.69) is 74.4 Å². The molecular weight excluding hydrogens is 960 g/mol. The average Bonchev–Trinajstić information content (AvgIpc) is 3.99. The number of benzene rings is 1. The average molecular weight is 1050 g/mol. The van der Waals surface area contributed by atoms with Gasteiger partial charge in [-0.05, 0) is 56.3 Å². The molecule has 0 saturated heterocycles. The van der Waals surface area contributed by atoms with Crippen molar-refractivity contribution in [3.05, 3.63) is 21.3 Å². The summed E-state index contributed by atoms with van der Waals surface area (Å²) >= 11 is 11.4. The number of hydrogen-bond acceptors (Lipinski definition) is 13. The minimum atomic E-state index is -0.516. The molecule has 5 atom stereocenters. The maximum atomic E-state index is 7.08. The highest BCUT2D eigenvalue weighted by molar-refractivity contribution is 7.20. The number of fused-ring (bicyclic) bond motifs is 3. The number of aromatic nitrogens is 2. The first-order chi connectivity index (χ1) is 34.1. The molecule has 70 heavy (non-hydrogen) atoms. The summed E-state index contributed by atoms with van der Waals surface area (Å²) in [6, 6.07) is 4.25. The van der Waals surface area contributed by atoms with Crippen molar-refractivity contribution in [3.63, 3.8) is 0 Å². The Labute approximate surface area is 438 Å². The summed E-state index contributed by atoms with van der Waals surface area (Å²) in [6.07, 6.45) is 17.6. The van der Waals surface area contributed by atoms with E-state index in [0.717, 1.165) is 87.2 Å². The number of aryl methyl sites for hydroxylation is 1. The molecule has 5 heterocycles. The lowest BCUT2D eigenvalue weighted by Gasteiger charge is -2.32. The quantitative estimate of drug-likeness (QED) is 0.0459. The predicted octanol–water partition coefficient (Wildman–Crippen LogP) is 16.2. The van der Waals surface area contributed by atoms with Gasteiger partial charge >= 0.3 is 0 Å². The van der Waals surface area contributed by atoms with Crippen LogP contribution in [0.15, 0.2) is 12.1 Å². The highest BCUT2D eigenvalue weighted by Crippen LogP contribution is 2.56. The first-order valence-corrected chi connectivity index (χ1v) is 29.8. The molecule has 0 radical (unpaired) electrons. The van der Waals surface area contributed by atoms with Crippen LogP contribution in [0.2, 0.25) is 4.34 Å². The second-order valence-electron chi connectivity index (χ2n) is 20.8. The molecule has 0 bridgehead atoms. The third-order valence-corrected chi connectivity index (χ3v) is 17.5. The molecule has 0 spiro atoms. The molecule has 0 fully saturated rings. The van der Waals surface area contributed by atoms with Gasteiger partial charge < -0.3 is 37.9 Å². The molecule has 0 amide bonds. The first-order valence-electron chi connectivity index (χ1n) is 27.1. The summed E-state index contributed by atoms with van der Waals surface area (Å²) in [4.78, 5) is 2.89. The van der Waals surface area contributed by atoms with Gasteiger partial charge in [0.15, 0.2) is 23.0 Å². The van der Waals surface area contributed by atoms with E-state index < -0.39 is 10.8 Å². The summed E-state index contributed by atoms with van der Waals surface area (Å²) < 4.78 is 63.9. The van der Waals surface area contributed by atoms with Crippen molar-refractivity contribution in [2.75, 3.05) is 79.3 Å². The van der Waals surface area contributed by atoms with E-state index in [1.165, 1.54) is 93.7 Å². The van der Waals surface area contributed by atoms with Gasteiger partial charge in [0.05, 0.1) is 58.7 Å². The van der Waals surface area contributed by atoms with Crippen LogP contribution in [0, 0.1) is 41.4 Å². The molecule has 14 heteroatoms. The Hall–Kier alpha value is -2.23. The number of hydrogen-bond donors (Lipinski definition) is 0. The Bertz CT molecular complexity index is 2120. The third-order valence-electron chi connectivity index (χ3n) is 14.5. The number of ether oxygens (including phenoxy) is 8. The number of nitrogens with zero attached hydrogens (tertiary/aromatic N) is 2. The summed E-state index contributed by atoms with van der Waals surface area (Å²) in [5.41, 5.74) is 2.43. The van der Waals surface area contributed by atoms with Crippen LogP contribution >= 0.6 is 46.0 Å². The standard InChI is InChI=1S/C56H87ClN2O8S3/c1-10-17-21-39(8)27-60-31-55(32-61-28-41(14-5)22-18-11-2)37-66-50-51(67-38-55)54(57)69-53(50)45-26-25-44(46-47(45)59-70-58-46)52-49-48(40(9)68-52)64-35-56(36-65-49,33-62-29-42(15-6)23-19-12-3)34-63-30-43(16-7)24-20-13-4/h25-26,39,41-43H,10-24,27-38H2,1-9H3. The van der Waals surface area contributed by atoms with Gasteiger partial charge in [-0.1, -0.05) is 150 Å². The van der Waals surface area contributed by atoms with E-state index in [-0.39, 0.29) is 0 Å². The topological polar surface area (TPSA) is 99.6 Å². The SMILES string of the molecule is CCCCC(C)COCC1(COCC(CC)CCCC)COc2c(Cl)sc(-c3ccc(-c4sc(C)c5c4OCC(COCC(CC)CCCC)(COCC(CC)CCCC)CO5)c4nsnc34)c2OC1. The maximum Gasteiger partial charge on any atom is 0.191 e. The van der Waals surface area contributed by atoms with Crippen molar-refractivity contribution in [1.29, 1.82) is 0 Å². The lowest BCUT2D eigenvalue weighted by Crippen LogP contribution is -2.43. The van der Waals surface area contributed by atoms with Crippen molar-refractivity contribution in [1.82, 2.24) is 8.75 Å². The van der Waals surface area contributed by atoms with Crippen LogP contribution in [0.4, 0.5) is 0 Å². The Balaban J connectivity index is 1.24. The van der Waals surface area contributed by atoms with Crippen LogP contribution in [0.3, 0.4) is 0 Å². The minimum Gasteiger partial charge on any atom is -0.488 e. The number of halogens is 1. The van der Waals surface area contributed by atoms with E-state index in [9.17, 15) is 0 Å². The number of unbranched alkanes of at least 4 members (excludes halogenated alkanes) is 4. The largest absolute Gasteiger partial charge is 0.488 e. The van der Waals surface area contributed by atoms with Gasteiger partial charge in [-0.25, -0.2) is 0 Å². The molecule has 4 aromatic rings. The molecule has 394 valence electrons. The highest BCUT2D eigenvalue weighted by atomic mass is 35.5. The second-order valence-corrected chi connectivity index (χ2v) is 24.2. The van der Waals surface area contributed by atoms with E-state index >= 15 is 0 Å². The predicted molar refractivity (Wildman–Crippen MR) is 293 cm³/mol. The van der Waals surface area contributed by atoms with Gasteiger partial charge in [-0.2, -0.15) is 8.75 Å². The molecule has 0 saturated carbocycles. The van der Waals surface area contributed by atoms with Crippen LogP contribution in [0.1, 0.15) is 157 Å². The summed E-state index contributed by atoms with van der Waals surface area (Å²) in [7, 11) is 0. The molecule has 0 N–H and O–H groups in total. The Morgan fingerprint density at radius 1 is 0.543 bits per heavy atom. The second kappa shape index (κ2) is 29.0. The van der Waals surface area contributed by atoms with Gasteiger partial charge in [0.25, 0.3) is 0 Å². The van der Waals surface area contributed by atoms with E-state index in [0.29, 0.717) is 106 Å². The normalized spacial score (nSPS) is 19.8. The molecule has 3 aromatic heterocycles. The van der Waals surface area contributed by atoms with Crippen molar-refractivity contribution in [3.8, 4) is 43.9 Å². The van der Waals surface area contributed by atoms with E-state index in [1.807, 2.05) is 0 Å². The van der Waals surface area contributed by atoms with Crippen LogP contribution in [-0.2, 0) is 18.9 Å². The first kappa shape index (κ1) is 57.1. The molecular formula is C56H87ClN2O8S3. The third kappa shape index (κ3) is 15.2. The highest BCUT2D eigenvalue weighted by Gasteiger charge is 2.41. The summed E-state index contributed by atoms with van der Waals surface area (Å²) in [5, 5.41) is 0. The molecule has 2 aliphatic heterocycles. The monoisotopic (exact) mass is 1050 g/mol. The van der Waals surface area contributed by atoms with Crippen LogP contribution in [0.25, 0.3) is 31.9 Å². The maximum absolute atomic E-state index is 7.08. The Morgan fingerprint density at radius 3 is 1.37 bits per heavy atom. The van der Waals surface area contributed by atoms with Gasteiger partial charge in [0.2, 0.25) is 0 Å². The number of thiophene rings is 2. The summed E-state index contributed by atoms with van der Waals surface area (Å²) in [6.45, 7) is 26.6. The Morgan fingerprint density at radius 2 is 0.929 bits per heavy atom. The van der Waals surface area contributed by atoms with Crippen molar-refractivity contribution in [2.24, 2.45) is 34.5 Å². The molecule has 2 aliphatic rings. The van der Waals surface area contributed by atoms with Crippen molar-refractivity contribution < 1.29 is 37.9 Å². The lowest BCUT2D eigenvalue weighted by atomic mass is 9.91. The fraction of sp³-hybridized carbons (Fsp3) is 0.750.